The van der Waals surface area contributed by atoms with Gasteiger partial charge in [0, 0.05) is 29.2 Å². The molecule has 2 heterocycles. The number of carboxylic acids is 1. The average molecular weight is 547 g/mol. The van der Waals surface area contributed by atoms with Crippen molar-refractivity contribution in [2.75, 3.05) is 0 Å². The maximum atomic E-state index is 12.3. The first-order chi connectivity index (χ1) is 17.1. The quantitative estimate of drug-likeness (QED) is 0.304. The van der Waals surface area contributed by atoms with E-state index in [-0.39, 0.29) is 22.8 Å². The number of rotatable bonds is 3. The van der Waals surface area contributed by atoms with Crippen LogP contribution in [0.4, 0.5) is 0 Å². The number of carboxylic acid groups (broad SMARTS) is 1. The van der Waals surface area contributed by atoms with Gasteiger partial charge in [0.05, 0.1) is 5.02 Å². The second-order valence-corrected chi connectivity index (χ2v) is 9.33. The number of benzene rings is 1. The van der Waals surface area contributed by atoms with Crippen LogP contribution in [0.2, 0.25) is 15.2 Å². The van der Waals surface area contributed by atoms with Crippen molar-refractivity contribution >= 4 is 46.7 Å². The average Bonchev–Trinajstić information content (AvgIpc) is 2.84. The number of aliphatic hydroxyl groups is 1. The van der Waals surface area contributed by atoms with Crippen molar-refractivity contribution in [3.8, 4) is 11.8 Å². The van der Waals surface area contributed by atoms with Crippen molar-refractivity contribution in [1.82, 2.24) is 15.3 Å². The first kappa shape index (κ1) is 27.4. The topological polar surface area (TPSA) is 112 Å². The van der Waals surface area contributed by atoms with Crippen LogP contribution in [0, 0.1) is 11.8 Å². The van der Waals surface area contributed by atoms with Crippen LogP contribution in [0.1, 0.15) is 52.2 Å². The number of nitrogens with zero attached hydrogens (tertiary/aromatic N) is 2. The SMILES string of the molecule is O=C(N[C@H]1CCC[C@@](O)(C#Cc2cccc(Cl)c2)C1)c1ccc(Cl)cn1.O=C(O)c1cccc(Cl)n1. The second kappa shape index (κ2) is 12.7. The lowest BCUT2D eigenvalue weighted by molar-refractivity contribution is 0.0451. The third-order valence-electron chi connectivity index (χ3n) is 5.22. The van der Waals surface area contributed by atoms with Gasteiger partial charge in [-0.15, -0.1) is 0 Å². The Morgan fingerprint density at radius 2 is 1.81 bits per heavy atom. The highest BCUT2D eigenvalue weighted by molar-refractivity contribution is 6.31. The van der Waals surface area contributed by atoms with E-state index in [4.69, 9.17) is 39.9 Å². The van der Waals surface area contributed by atoms with E-state index in [0.717, 1.165) is 18.4 Å². The number of aromatic nitrogens is 2. The molecule has 186 valence electrons. The Kier molecular flexibility index (Phi) is 9.68. The minimum atomic E-state index is -1.13. The lowest BCUT2D eigenvalue weighted by atomic mass is 9.82. The Morgan fingerprint density at radius 1 is 1.03 bits per heavy atom. The summed E-state index contributed by atoms with van der Waals surface area (Å²) in [4.78, 5) is 30.1. The Hall–Kier alpha value is -3.15. The summed E-state index contributed by atoms with van der Waals surface area (Å²) in [6.07, 6.45) is 3.95. The highest BCUT2D eigenvalue weighted by Gasteiger charge is 2.33. The summed E-state index contributed by atoms with van der Waals surface area (Å²) in [6, 6.07) is 14.7. The van der Waals surface area contributed by atoms with Crippen molar-refractivity contribution in [2.24, 2.45) is 0 Å². The highest BCUT2D eigenvalue weighted by atomic mass is 35.5. The van der Waals surface area contributed by atoms with E-state index in [9.17, 15) is 14.7 Å². The molecule has 1 aliphatic rings. The zero-order chi connectivity index (χ0) is 26.1. The number of hydrogen-bond acceptors (Lipinski definition) is 5. The van der Waals surface area contributed by atoms with Gasteiger partial charge < -0.3 is 15.5 Å². The Labute approximate surface area is 223 Å². The van der Waals surface area contributed by atoms with Gasteiger partial charge in [-0.2, -0.15) is 0 Å². The standard InChI is InChI=1S/C20H18Cl2N2O2.C6H4ClNO2/c21-15-4-1-3-14(11-15)8-10-20(26)9-2-5-17(12-20)24-19(25)18-7-6-16(22)13-23-18;7-5-3-1-2-4(8-5)6(9)10/h1,3-4,6-7,11,13,17,26H,2,5,9,12H2,(H,24,25);1-3H,(H,9,10)/t17-,20+;/m0./s1. The van der Waals surface area contributed by atoms with E-state index >= 15 is 0 Å². The molecule has 0 aliphatic heterocycles. The number of aromatic carboxylic acids is 1. The summed E-state index contributed by atoms with van der Waals surface area (Å²) >= 11 is 17.2. The van der Waals surface area contributed by atoms with Crippen LogP contribution >= 0.6 is 34.8 Å². The molecule has 2 atom stereocenters. The number of pyridine rings is 2. The molecule has 7 nitrogen and oxygen atoms in total. The Bertz CT molecular complexity index is 1290. The molecule has 1 fully saturated rings. The Morgan fingerprint density at radius 3 is 2.44 bits per heavy atom. The molecular formula is C26H22Cl3N3O4. The maximum Gasteiger partial charge on any atom is 0.354 e. The van der Waals surface area contributed by atoms with E-state index in [1.807, 2.05) is 12.1 Å². The molecule has 1 amide bonds. The van der Waals surface area contributed by atoms with Crippen molar-refractivity contribution in [3.63, 3.8) is 0 Å². The molecule has 10 heteroatoms. The molecule has 0 bridgehead atoms. The maximum absolute atomic E-state index is 12.3. The summed E-state index contributed by atoms with van der Waals surface area (Å²) in [6.45, 7) is 0. The van der Waals surface area contributed by atoms with E-state index in [1.54, 1.807) is 30.3 Å². The Balaban J connectivity index is 0.000000303. The number of carbonyl (C=O) groups excluding carboxylic acids is 1. The zero-order valence-electron chi connectivity index (χ0n) is 18.9. The fourth-order valence-corrected chi connectivity index (χ4v) is 4.01. The van der Waals surface area contributed by atoms with Gasteiger partial charge in [-0.1, -0.05) is 58.8 Å². The largest absolute Gasteiger partial charge is 0.477 e. The molecule has 1 aromatic carbocycles. The third kappa shape index (κ3) is 8.51. The monoisotopic (exact) mass is 545 g/mol. The minimum Gasteiger partial charge on any atom is -0.477 e. The van der Waals surface area contributed by atoms with Gasteiger partial charge in [0.2, 0.25) is 0 Å². The van der Waals surface area contributed by atoms with Crippen molar-refractivity contribution in [3.05, 3.63) is 92.9 Å². The predicted octanol–water partition coefficient (Wildman–Crippen LogP) is 5.28. The van der Waals surface area contributed by atoms with Crippen molar-refractivity contribution < 1.29 is 19.8 Å². The second-order valence-electron chi connectivity index (χ2n) is 8.07. The first-order valence-electron chi connectivity index (χ1n) is 10.9. The van der Waals surface area contributed by atoms with Gasteiger partial charge >= 0.3 is 5.97 Å². The van der Waals surface area contributed by atoms with E-state index in [2.05, 4.69) is 27.1 Å². The van der Waals surface area contributed by atoms with Gasteiger partial charge in [-0.25, -0.2) is 14.8 Å². The number of amides is 1. The number of carbonyl (C=O) groups is 2. The van der Waals surface area contributed by atoms with Crippen molar-refractivity contribution in [2.45, 2.75) is 37.3 Å². The molecule has 0 saturated heterocycles. The zero-order valence-corrected chi connectivity index (χ0v) is 21.2. The smallest absolute Gasteiger partial charge is 0.354 e. The van der Waals surface area contributed by atoms with Gasteiger partial charge in [-0.05, 0) is 61.7 Å². The van der Waals surface area contributed by atoms with Crippen LogP contribution in [-0.4, -0.2) is 43.7 Å². The molecule has 0 unspecified atom stereocenters. The van der Waals surface area contributed by atoms with Crippen LogP contribution < -0.4 is 5.32 Å². The summed E-state index contributed by atoms with van der Waals surface area (Å²) in [5, 5.41) is 23.4. The van der Waals surface area contributed by atoms with E-state index < -0.39 is 11.6 Å². The van der Waals surface area contributed by atoms with Crippen LogP contribution in [0.5, 0.6) is 0 Å². The fourth-order valence-electron chi connectivity index (χ4n) is 3.54. The molecular weight excluding hydrogens is 525 g/mol. The molecule has 1 aliphatic carbocycles. The van der Waals surface area contributed by atoms with E-state index in [0.29, 0.717) is 28.6 Å². The fraction of sp³-hybridized carbons (Fsp3) is 0.231. The number of hydrogen-bond donors (Lipinski definition) is 3. The molecule has 36 heavy (non-hydrogen) atoms. The van der Waals surface area contributed by atoms with Crippen LogP contribution in [0.25, 0.3) is 0 Å². The minimum absolute atomic E-state index is 0.0347. The first-order valence-corrected chi connectivity index (χ1v) is 12.1. The van der Waals surface area contributed by atoms with Crippen LogP contribution in [-0.2, 0) is 0 Å². The third-order valence-corrected chi connectivity index (χ3v) is 5.89. The van der Waals surface area contributed by atoms with Crippen LogP contribution in [0.15, 0.2) is 60.8 Å². The normalized spacial score (nSPS) is 18.6. The predicted molar refractivity (Wildman–Crippen MR) is 138 cm³/mol. The lowest BCUT2D eigenvalue weighted by Crippen LogP contribution is -2.45. The molecule has 2 aromatic heterocycles. The van der Waals surface area contributed by atoms with Crippen molar-refractivity contribution in [1.29, 1.82) is 0 Å². The number of nitrogens with one attached hydrogen (secondary N) is 1. The molecule has 3 aromatic rings. The van der Waals surface area contributed by atoms with Gasteiger partial charge in [-0.3, -0.25) is 4.79 Å². The van der Waals surface area contributed by atoms with E-state index in [1.165, 1.54) is 18.3 Å². The molecule has 4 rings (SSSR count). The molecule has 0 spiro atoms. The lowest BCUT2D eigenvalue weighted by Gasteiger charge is -2.33. The highest BCUT2D eigenvalue weighted by Crippen LogP contribution is 2.28. The van der Waals surface area contributed by atoms with Crippen LogP contribution in [0.3, 0.4) is 0 Å². The van der Waals surface area contributed by atoms with Gasteiger partial charge in [0.15, 0.2) is 0 Å². The number of halogens is 3. The van der Waals surface area contributed by atoms with Gasteiger partial charge in [0.25, 0.3) is 5.91 Å². The summed E-state index contributed by atoms with van der Waals surface area (Å²) in [5.74, 6) is 4.59. The summed E-state index contributed by atoms with van der Waals surface area (Å²) in [5.41, 5.74) is -0.116. The summed E-state index contributed by atoms with van der Waals surface area (Å²) in [7, 11) is 0. The molecule has 0 radical (unpaired) electrons. The van der Waals surface area contributed by atoms with Gasteiger partial charge in [0.1, 0.15) is 22.1 Å². The summed E-state index contributed by atoms with van der Waals surface area (Å²) < 4.78 is 0. The molecule has 1 saturated carbocycles. The molecule has 3 N–H and O–H groups in total.